The van der Waals surface area contributed by atoms with E-state index in [1.165, 1.54) is 19.3 Å². The summed E-state index contributed by atoms with van der Waals surface area (Å²) >= 11 is 3.42. The van der Waals surface area contributed by atoms with Gasteiger partial charge < -0.3 is 4.74 Å². The standard InChI is InChI=1S/C10H17BrN2O/c11-4-2-1-3-5-13-6-7-14-10(8-12)9-13/h10H,1-7,9H2. The largest absolute Gasteiger partial charge is 0.361 e. The zero-order valence-electron chi connectivity index (χ0n) is 8.41. The minimum absolute atomic E-state index is 0.208. The fourth-order valence-electron chi connectivity index (χ4n) is 1.59. The van der Waals surface area contributed by atoms with E-state index in [1.807, 2.05) is 0 Å². The van der Waals surface area contributed by atoms with Crippen LogP contribution in [0, 0.1) is 11.3 Å². The van der Waals surface area contributed by atoms with Crippen molar-refractivity contribution >= 4 is 15.9 Å². The van der Waals surface area contributed by atoms with Crippen molar-refractivity contribution in [2.75, 3.05) is 31.6 Å². The summed E-state index contributed by atoms with van der Waals surface area (Å²) in [6.45, 7) is 3.57. The molecule has 1 heterocycles. The second kappa shape index (κ2) is 7.22. The van der Waals surface area contributed by atoms with Gasteiger partial charge in [-0.25, -0.2) is 0 Å². The van der Waals surface area contributed by atoms with E-state index in [0.717, 1.165) is 25.0 Å². The van der Waals surface area contributed by atoms with Crippen molar-refractivity contribution in [2.24, 2.45) is 0 Å². The third-order valence-corrected chi connectivity index (χ3v) is 2.96. The summed E-state index contributed by atoms with van der Waals surface area (Å²) in [6, 6.07) is 2.16. The number of hydrogen-bond acceptors (Lipinski definition) is 3. The fraction of sp³-hybridized carbons (Fsp3) is 0.900. The molecular formula is C10H17BrN2O. The molecule has 14 heavy (non-hydrogen) atoms. The molecule has 0 bridgehead atoms. The minimum atomic E-state index is -0.208. The van der Waals surface area contributed by atoms with Gasteiger partial charge in [0.05, 0.1) is 12.7 Å². The second-order valence-electron chi connectivity index (χ2n) is 3.54. The average Bonchev–Trinajstić information content (AvgIpc) is 2.25. The third kappa shape index (κ3) is 4.41. The topological polar surface area (TPSA) is 36.3 Å². The van der Waals surface area contributed by atoms with Gasteiger partial charge in [-0.05, 0) is 19.4 Å². The lowest BCUT2D eigenvalue weighted by Crippen LogP contribution is -2.42. The van der Waals surface area contributed by atoms with Crippen molar-refractivity contribution in [3.8, 4) is 6.07 Å². The van der Waals surface area contributed by atoms with Crippen LogP contribution in [0.1, 0.15) is 19.3 Å². The minimum Gasteiger partial charge on any atom is -0.361 e. The van der Waals surface area contributed by atoms with E-state index >= 15 is 0 Å². The Hall–Kier alpha value is -0.110. The number of nitrogens with zero attached hydrogens (tertiary/aromatic N) is 2. The van der Waals surface area contributed by atoms with Crippen LogP contribution in [-0.2, 0) is 4.74 Å². The Kier molecular flexibility index (Phi) is 6.17. The molecular weight excluding hydrogens is 244 g/mol. The first kappa shape index (κ1) is 12.0. The molecule has 0 amide bonds. The Morgan fingerprint density at radius 2 is 2.29 bits per heavy atom. The van der Waals surface area contributed by atoms with Crippen LogP contribution >= 0.6 is 15.9 Å². The van der Waals surface area contributed by atoms with Gasteiger partial charge in [0.1, 0.15) is 0 Å². The highest BCUT2D eigenvalue weighted by molar-refractivity contribution is 9.09. The van der Waals surface area contributed by atoms with E-state index in [4.69, 9.17) is 10.00 Å². The second-order valence-corrected chi connectivity index (χ2v) is 4.33. The number of rotatable bonds is 5. The number of hydrogen-bond donors (Lipinski definition) is 0. The maximum absolute atomic E-state index is 8.71. The van der Waals surface area contributed by atoms with Crippen molar-refractivity contribution in [2.45, 2.75) is 25.4 Å². The first-order valence-corrected chi connectivity index (χ1v) is 6.28. The first-order valence-electron chi connectivity index (χ1n) is 5.16. The molecule has 1 unspecified atom stereocenters. The molecule has 0 aromatic carbocycles. The van der Waals surface area contributed by atoms with Crippen molar-refractivity contribution in [3.63, 3.8) is 0 Å². The van der Waals surface area contributed by atoms with Crippen molar-refractivity contribution in [1.82, 2.24) is 4.90 Å². The molecule has 0 saturated carbocycles. The number of halogens is 1. The Bertz CT molecular complexity index is 193. The van der Waals surface area contributed by atoms with Gasteiger partial charge in [-0.15, -0.1) is 0 Å². The molecule has 0 spiro atoms. The van der Waals surface area contributed by atoms with E-state index < -0.39 is 0 Å². The Morgan fingerprint density at radius 3 is 3.00 bits per heavy atom. The van der Waals surface area contributed by atoms with Gasteiger partial charge in [-0.2, -0.15) is 5.26 Å². The predicted octanol–water partition coefficient (Wildman–Crippen LogP) is 1.78. The number of unbranched alkanes of at least 4 members (excludes halogenated alkanes) is 2. The summed E-state index contributed by atoms with van der Waals surface area (Å²) in [4.78, 5) is 2.33. The molecule has 1 aliphatic rings. The molecule has 80 valence electrons. The predicted molar refractivity (Wildman–Crippen MR) is 59.4 cm³/mol. The molecule has 0 radical (unpaired) electrons. The van der Waals surface area contributed by atoms with E-state index in [0.29, 0.717) is 6.61 Å². The fourth-order valence-corrected chi connectivity index (χ4v) is 1.99. The van der Waals surface area contributed by atoms with Crippen molar-refractivity contribution in [1.29, 1.82) is 5.26 Å². The first-order chi connectivity index (χ1) is 6.86. The number of alkyl halides is 1. The van der Waals surface area contributed by atoms with Crippen LogP contribution in [-0.4, -0.2) is 42.6 Å². The van der Waals surface area contributed by atoms with E-state index in [-0.39, 0.29) is 6.10 Å². The van der Waals surface area contributed by atoms with Crippen LogP contribution < -0.4 is 0 Å². The third-order valence-electron chi connectivity index (χ3n) is 2.40. The lowest BCUT2D eigenvalue weighted by Gasteiger charge is -2.29. The number of ether oxygens (including phenoxy) is 1. The quantitative estimate of drug-likeness (QED) is 0.559. The number of morpholine rings is 1. The van der Waals surface area contributed by atoms with Gasteiger partial charge in [-0.3, -0.25) is 4.90 Å². The summed E-state index contributed by atoms with van der Waals surface area (Å²) in [5.41, 5.74) is 0. The van der Waals surface area contributed by atoms with Gasteiger partial charge in [0, 0.05) is 18.4 Å². The number of nitriles is 1. The van der Waals surface area contributed by atoms with Crippen LogP contribution in [0.25, 0.3) is 0 Å². The zero-order chi connectivity index (χ0) is 10.2. The molecule has 0 aromatic heterocycles. The lowest BCUT2D eigenvalue weighted by atomic mass is 10.2. The summed E-state index contributed by atoms with van der Waals surface area (Å²) < 4.78 is 5.27. The highest BCUT2D eigenvalue weighted by Gasteiger charge is 2.18. The molecule has 1 atom stereocenters. The summed E-state index contributed by atoms with van der Waals surface area (Å²) in [5, 5.41) is 9.80. The normalized spacial score (nSPS) is 23.3. The molecule has 0 N–H and O–H groups in total. The molecule has 4 heteroatoms. The highest BCUT2D eigenvalue weighted by Crippen LogP contribution is 2.07. The average molecular weight is 261 g/mol. The van der Waals surface area contributed by atoms with E-state index in [9.17, 15) is 0 Å². The zero-order valence-corrected chi connectivity index (χ0v) is 10.0. The summed E-state index contributed by atoms with van der Waals surface area (Å²) in [5.74, 6) is 0. The molecule has 0 aromatic rings. The molecule has 3 nitrogen and oxygen atoms in total. The summed E-state index contributed by atoms with van der Waals surface area (Å²) in [7, 11) is 0. The van der Waals surface area contributed by atoms with Crippen LogP contribution in [0.5, 0.6) is 0 Å². The Labute approximate surface area is 94.2 Å². The molecule has 1 fully saturated rings. The van der Waals surface area contributed by atoms with Crippen LogP contribution in [0.4, 0.5) is 0 Å². The van der Waals surface area contributed by atoms with Gasteiger partial charge in [0.2, 0.25) is 0 Å². The Balaban J connectivity index is 2.09. The molecule has 1 rings (SSSR count). The van der Waals surface area contributed by atoms with Gasteiger partial charge >= 0.3 is 0 Å². The maximum Gasteiger partial charge on any atom is 0.156 e. The molecule has 1 saturated heterocycles. The monoisotopic (exact) mass is 260 g/mol. The van der Waals surface area contributed by atoms with E-state index in [1.54, 1.807) is 0 Å². The van der Waals surface area contributed by atoms with E-state index in [2.05, 4.69) is 26.9 Å². The lowest BCUT2D eigenvalue weighted by molar-refractivity contribution is 0.0000827. The van der Waals surface area contributed by atoms with Gasteiger partial charge in [0.15, 0.2) is 6.10 Å². The molecule has 0 aliphatic carbocycles. The van der Waals surface area contributed by atoms with Gasteiger partial charge in [-0.1, -0.05) is 22.4 Å². The van der Waals surface area contributed by atoms with Crippen LogP contribution in [0.3, 0.4) is 0 Å². The summed E-state index contributed by atoms with van der Waals surface area (Å²) in [6.07, 6.45) is 3.52. The van der Waals surface area contributed by atoms with Crippen LogP contribution in [0.15, 0.2) is 0 Å². The van der Waals surface area contributed by atoms with Crippen molar-refractivity contribution < 1.29 is 4.74 Å². The smallest absolute Gasteiger partial charge is 0.156 e. The van der Waals surface area contributed by atoms with Crippen molar-refractivity contribution in [3.05, 3.63) is 0 Å². The maximum atomic E-state index is 8.71. The Morgan fingerprint density at radius 1 is 1.43 bits per heavy atom. The van der Waals surface area contributed by atoms with Gasteiger partial charge in [0.25, 0.3) is 0 Å². The SMILES string of the molecule is N#CC1CN(CCCCCBr)CCO1. The molecule has 1 aliphatic heterocycles. The highest BCUT2D eigenvalue weighted by atomic mass is 79.9. The van der Waals surface area contributed by atoms with Crippen LogP contribution in [0.2, 0.25) is 0 Å².